The smallest absolute Gasteiger partial charge is 0.317 e. The molecule has 0 aliphatic carbocycles. The topological polar surface area (TPSA) is 55.9 Å². The molecule has 1 N–H and O–H groups in total. The summed E-state index contributed by atoms with van der Waals surface area (Å²) in [5, 5.41) is 3.19. The van der Waals surface area contributed by atoms with Crippen molar-refractivity contribution in [2.45, 2.75) is 31.7 Å². The van der Waals surface area contributed by atoms with Crippen LogP contribution in [0, 0.1) is 5.92 Å². The molecule has 0 saturated carbocycles. The molecule has 1 aromatic rings. The van der Waals surface area contributed by atoms with Gasteiger partial charge in [0.05, 0.1) is 0 Å². The van der Waals surface area contributed by atoms with E-state index < -0.39 is 0 Å². The first-order valence-electron chi connectivity index (χ1n) is 9.61. The molecule has 2 aliphatic rings. The highest BCUT2D eigenvalue weighted by Gasteiger charge is 2.29. The van der Waals surface area contributed by atoms with Gasteiger partial charge in [0.25, 0.3) is 0 Å². The molecule has 0 atom stereocenters. The molecule has 2 aliphatic heterocycles. The number of urea groups is 1. The molecule has 26 heavy (non-hydrogen) atoms. The van der Waals surface area contributed by atoms with E-state index in [0.717, 1.165) is 38.8 Å². The Balaban J connectivity index is 1.42. The minimum atomic E-state index is 0.0268. The highest BCUT2D eigenvalue weighted by atomic mass is 16.2. The van der Waals surface area contributed by atoms with Gasteiger partial charge in [-0.25, -0.2) is 4.79 Å². The van der Waals surface area contributed by atoms with Gasteiger partial charge in [0.2, 0.25) is 5.91 Å². The Morgan fingerprint density at radius 3 is 2.15 bits per heavy atom. The second-order valence-corrected chi connectivity index (χ2v) is 7.54. The first kappa shape index (κ1) is 18.5. The molecule has 142 valence electrons. The molecular formula is C20H30N4O2. The lowest BCUT2D eigenvalue weighted by molar-refractivity contribution is -0.134. The van der Waals surface area contributed by atoms with Gasteiger partial charge in [0.1, 0.15) is 0 Å². The summed E-state index contributed by atoms with van der Waals surface area (Å²) in [6.45, 7) is 3.26. The molecule has 2 heterocycles. The van der Waals surface area contributed by atoms with Crippen molar-refractivity contribution in [3.63, 3.8) is 0 Å². The van der Waals surface area contributed by atoms with E-state index >= 15 is 0 Å². The van der Waals surface area contributed by atoms with E-state index in [1.54, 1.807) is 19.0 Å². The van der Waals surface area contributed by atoms with E-state index in [9.17, 15) is 9.59 Å². The summed E-state index contributed by atoms with van der Waals surface area (Å²) < 4.78 is 0. The van der Waals surface area contributed by atoms with Crippen molar-refractivity contribution >= 4 is 17.6 Å². The Kier molecular flexibility index (Phi) is 6.01. The van der Waals surface area contributed by atoms with Crippen LogP contribution in [0.3, 0.4) is 0 Å². The van der Waals surface area contributed by atoms with Crippen molar-refractivity contribution in [2.24, 2.45) is 5.92 Å². The summed E-state index contributed by atoms with van der Waals surface area (Å²) in [5.41, 5.74) is 1.25. The van der Waals surface area contributed by atoms with Crippen molar-refractivity contribution in [1.82, 2.24) is 15.1 Å². The fraction of sp³-hybridized carbons (Fsp3) is 0.600. The second kappa shape index (κ2) is 8.43. The van der Waals surface area contributed by atoms with Crippen LogP contribution in [0.15, 0.2) is 30.3 Å². The maximum absolute atomic E-state index is 12.5. The molecule has 0 aromatic heterocycles. The van der Waals surface area contributed by atoms with E-state index in [2.05, 4.69) is 34.5 Å². The molecule has 2 saturated heterocycles. The van der Waals surface area contributed by atoms with Crippen molar-refractivity contribution < 1.29 is 9.59 Å². The minimum Gasteiger partial charge on any atom is -0.371 e. The zero-order valence-corrected chi connectivity index (χ0v) is 15.9. The van der Waals surface area contributed by atoms with Crippen molar-refractivity contribution in [3.8, 4) is 0 Å². The Morgan fingerprint density at radius 2 is 1.58 bits per heavy atom. The quantitative estimate of drug-likeness (QED) is 0.901. The molecule has 0 radical (unpaired) electrons. The first-order chi connectivity index (χ1) is 12.5. The lowest BCUT2D eigenvalue weighted by atomic mass is 9.95. The summed E-state index contributed by atoms with van der Waals surface area (Å²) >= 11 is 0. The summed E-state index contributed by atoms with van der Waals surface area (Å²) in [4.78, 5) is 30.5. The zero-order valence-electron chi connectivity index (χ0n) is 15.9. The van der Waals surface area contributed by atoms with Gasteiger partial charge in [0, 0.05) is 57.9 Å². The van der Waals surface area contributed by atoms with Gasteiger partial charge in [-0.05, 0) is 37.8 Å². The predicted molar refractivity (Wildman–Crippen MR) is 103 cm³/mol. The molecule has 6 heteroatoms. The SMILES string of the molecule is CN(C)C(=O)C1CCN(C(=O)NC2CCN(c3ccccc3)CC2)CC1. The van der Waals surface area contributed by atoms with Crippen LogP contribution in [-0.2, 0) is 4.79 Å². The van der Waals surface area contributed by atoms with Crippen molar-refractivity contribution in [1.29, 1.82) is 0 Å². The maximum atomic E-state index is 12.5. The van der Waals surface area contributed by atoms with E-state index in [1.165, 1.54) is 5.69 Å². The molecule has 3 rings (SSSR count). The van der Waals surface area contributed by atoms with Crippen LogP contribution in [-0.4, -0.2) is 68.1 Å². The van der Waals surface area contributed by atoms with Gasteiger partial charge in [-0.2, -0.15) is 0 Å². The van der Waals surface area contributed by atoms with Gasteiger partial charge >= 0.3 is 6.03 Å². The normalized spacial score (nSPS) is 19.3. The number of hydrogen-bond acceptors (Lipinski definition) is 3. The van der Waals surface area contributed by atoms with Crippen LogP contribution in [0.1, 0.15) is 25.7 Å². The average Bonchev–Trinajstić information content (AvgIpc) is 2.68. The number of likely N-dealkylation sites (tertiary alicyclic amines) is 1. The fourth-order valence-corrected chi connectivity index (χ4v) is 3.88. The van der Waals surface area contributed by atoms with E-state index in [0.29, 0.717) is 13.1 Å². The summed E-state index contributed by atoms with van der Waals surface area (Å²) in [7, 11) is 3.59. The largest absolute Gasteiger partial charge is 0.371 e. The number of carbonyl (C=O) groups is 2. The third kappa shape index (κ3) is 4.48. The number of carbonyl (C=O) groups excluding carboxylic acids is 2. The van der Waals surface area contributed by atoms with E-state index in [4.69, 9.17) is 0 Å². The van der Waals surface area contributed by atoms with E-state index in [1.807, 2.05) is 11.0 Å². The van der Waals surface area contributed by atoms with Gasteiger partial charge in [-0.3, -0.25) is 4.79 Å². The highest BCUT2D eigenvalue weighted by molar-refractivity contribution is 5.79. The third-order valence-corrected chi connectivity index (χ3v) is 5.52. The predicted octanol–water partition coefficient (Wildman–Crippen LogP) is 2.17. The average molecular weight is 358 g/mol. The number of benzene rings is 1. The Bertz CT molecular complexity index is 603. The fourth-order valence-electron chi connectivity index (χ4n) is 3.88. The van der Waals surface area contributed by atoms with Crippen LogP contribution in [0.25, 0.3) is 0 Å². The molecule has 0 spiro atoms. The number of amides is 3. The van der Waals surface area contributed by atoms with Gasteiger partial charge in [0.15, 0.2) is 0 Å². The Labute approximate surface area is 156 Å². The third-order valence-electron chi connectivity index (χ3n) is 5.52. The number of nitrogens with zero attached hydrogens (tertiary/aromatic N) is 3. The van der Waals surface area contributed by atoms with E-state index in [-0.39, 0.29) is 23.9 Å². The van der Waals surface area contributed by atoms with Crippen molar-refractivity contribution in [2.75, 3.05) is 45.2 Å². The first-order valence-corrected chi connectivity index (χ1v) is 9.61. The zero-order chi connectivity index (χ0) is 18.5. The molecule has 1 aromatic carbocycles. The van der Waals surface area contributed by atoms with Crippen LogP contribution in [0.2, 0.25) is 0 Å². The molecule has 0 bridgehead atoms. The molecule has 0 unspecified atom stereocenters. The second-order valence-electron chi connectivity index (χ2n) is 7.54. The summed E-state index contributed by atoms with van der Waals surface area (Å²) in [6, 6.07) is 10.7. The number of piperidine rings is 2. The monoisotopic (exact) mass is 358 g/mol. The lowest BCUT2D eigenvalue weighted by Crippen LogP contribution is -2.51. The number of anilines is 1. The Hall–Kier alpha value is -2.24. The Morgan fingerprint density at radius 1 is 0.962 bits per heavy atom. The maximum Gasteiger partial charge on any atom is 0.317 e. The highest BCUT2D eigenvalue weighted by Crippen LogP contribution is 2.21. The van der Waals surface area contributed by atoms with Crippen molar-refractivity contribution in [3.05, 3.63) is 30.3 Å². The van der Waals surface area contributed by atoms with Crippen LogP contribution in [0.4, 0.5) is 10.5 Å². The minimum absolute atomic E-state index is 0.0268. The molecule has 3 amide bonds. The number of para-hydroxylation sites is 1. The summed E-state index contributed by atoms with van der Waals surface area (Å²) in [6.07, 6.45) is 3.46. The summed E-state index contributed by atoms with van der Waals surface area (Å²) in [5.74, 6) is 0.238. The van der Waals surface area contributed by atoms with Crippen LogP contribution in [0.5, 0.6) is 0 Å². The number of rotatable bonds is 3. The number of nitrogens with one attached hydrogen (secondary N) is 1. The van der Waals surface area contributed by atoms with Crippen LogP contribution >= 0.6 is 0 Å². The van der Waals surface area contributed by atoms with Gasteiger partial charge in [-0.1, -0.05) is 18.2 Å². The molecule has 6 nitrogen and oxygen atoms in total. The molecular weight excluding hydrogens is 328 g/mol. The lowest BCUT2D eigenvalue weighted by Gasteiger charge is -2.36. The molecule has 2 fully saturated rings. The van der Waals surface area contributed by atoms with Gasteiger partial charge < -0.3 is 20.0 Å². The number of hydrogen-bond donors (Lipinski definition) is 1. The van der Waals surface area contributed by atoms with Gasteiger partial charge in [-0.15, -0.1) is 0 Å². The standard InChI is InChI=1S/C20H30N4O2/c1-22(2)19(25)16-8-12-24(13-9-16)20(26)21-17-10-14-23(15-11-17)18-6-4-3-5-7-18/h3-7,16-17H,8-15H2,1-2H3,(H,21,26). The van der Waals surface area contributed by atoms with Crippen LogP contribution < -0.4 is 10.2 Å².